The van der Waals surface area contributed by atoms with Gasteiger partial charge in [0.05, 0.1) is 18.1 Å². The first-order valence-electron chi connectivity index (χ1n) is 5.42. The minimum absolute atomic E-state index is 0.333. The van der Waals surface area contributed by atoms with Crippen LogP contribution in [0, 0.1) is 5.41 Å². The van der Waals surface area contributed by atoms with Gasteiger partial charge in [0.25, 0.3) is 0 Å². The Hall–Kier alpha value is -0.610. The standard InChI is InChI=1S/C11H20O4/c1-14-8-9(15-2)11(10(12)13)6-4-3-5-7-11/h9H,3-8H2,1-2H3,(H,12,13). The van der Waals surface area contributed by atoms with Gasteiger partial charge in [-0.3, -0.25) is 4.79 Å². The lowest BCUT2D eigenvalue weighted by Gasteiger charge is -2.38. The van der Waals surface area contributed by atoms with E-state index in [0.717, 1.165) is 19.3 Å². The average Bonchev–Trinajstić information content (AvgIpc) is 2.26. The second-order valence-corrected chi connectivity index (χ2v) is 4.20. The summed E-state index contributed by atoms with van der Waals surface area (Å²) in [5, 5.41) is 9.38. The van der Waals surface area contributed by atoms with Gasteiger partial charge in [0.15, 0.2) is 0 Å². The smallest absolute Gasteiger partial charge is 0.312 e. The second kappa shape index (κ2) is 5.47. The van der Waals surface area contributed by atoms with Gasteiger partial charge in [0.1, 0.15) is 0 Å². The predicted octanol–water partition coefficient (Wildman–Crippen LogP) is 1.68. The fraction of sp³-hybridized carbons (Fsp3) is 0.909. The molecule has 0 aromatic heterocycles. The highest BCUT2D eigenvalue weighted by molar-refractivity contribution is 5.75. The molecule has 1 atom stereocenters. The van der Waals surface area contributed by atoms with E-state index in [1.54, 1.807) is 14.2 Å². The summed E-state index contributed by atoms with van der Waals surface area (Å²) in [6, 6.07) is 0. The largest absolute Gasteiger partial charge is 0.481 e. The van der Waals surface area contributed by atoms with E-state index in [9.17, 15) is 9.90 Å². The van der Waals surface area contributed by atoms with Crippen molar-refractivity contribution in [1.82, 2.24) is 0 Å². The molecular formula is C11H20O4. The third-order valence-corrected chi connectivity index (χ3v) is 3.39. The molecule has 0 heterocycles. The lowest BCUT2D eigenvalue weighted by Crippen LogP contribution is -2.47. The van der Waals surface area contributed by atoms with Crippen molar-refractivity contribution >= 4 is 5.97 Å². The normalized spacial score (nSPS) is 22.3. The summed E-state index contributed by atoms with van der Waals surface area (Å²) >= 11 is 0. The summed E-state index contributed by atoms with van der Waals surface area (Å²) in [5.74, 6) is -0.744. The number of hydrogen-bond acceptors (Lipinski definition) is 3. The van der Waals surface area contributed by atoms with E-state index in [1.807, 2.05) is 0 Å². The van der Waals surface area contributed by atoms with Gasteiger partial charge >= 0.3 is 5.97 Å². The number of rotatable bonds is 5. The Morgan fingerprint density at radius 1 is 1.33 bits per heavy atom. The number of carboxylic acid groups (broad SMARTS) is 1. The van der Waals surface area contributed by atoms with Gasteiger partial charge in [-0.1, -0.05) is 19.3 Å². The zero-order chi connectivity index (χ0) is 11.3. The summed E-state index contributed by atoms with van der Waals surface area (Å²) in [4.78, 5) is 11.4. The molecule has 1 unspecified atom stereocenters. The molecule has 0 radical (unpaired) electrons. The SMILES string of the molecule is COCC(OC)C1(C(=O)O)CCCCC1. The Morgan fingerprint density at radius 3 is 2.33 bits per heavy atom. The molecule has 0 bridgehead atoms. The molecule has 1 rings (SSSR count). The minimum Gasteiger partial charge on any atom is -0.481 e. The summed E-state index contributed by atoms with van der Waals surface area (Å²) in [5.41, 5.74) is -0.733. The first-order chi connectivity index (χ1) is 7.17. The van der Waals surface area contributed by atoms with Crippen LogP contribution in [0.5, 0.6) is 0 Å². The quantitative estimate of drug-likeness (QED) is 0.759. The highest BCUT2D eigenvalue weighted by Gasteiger charge is 2.46. The number of aliphatic carboxylic acids is 1. The van der Waals surface area contributed by atoms with Gasteiger partial charge in [-0.05, 0) is 12.8 Å². The van der Waals surface area contributed by atoms with Crippen LogP contribution in [-0.2, 0) is 14.3 Å². The molecule has 15 heavy (non-hydrogen) atoms. The Morgan fingerprint density at radius 2 is 1.93 bits per heavy atom. The summed E-state index contributed by atoms with van der Waals surface area (Å²) < 4.78 is 10.3. The molecule has 0 aliphatic heterocycles. The van der Waals surface area contributed by atoms with E-state index >= 15 is 0 Å². The number of ether oxygens (including phenoxy) is 2. The molecule has 1 saturated carbocycles. The first-order valence-corrected chi connectivity index (χ1v) is 5.42. The Kier molecular flexibility index (Phi) is 4.54. The van der Waals surface area contributed by atoms with E-state index in [1.165, 1.54) is 0 Å². The third-order valence-electron chi connectivity index (χ3n) is 3.39. The highest BCUT2D eigenvalue weighted by atomic mass is 16.5. The van der Waals surface area contributed by atoms with E-state index in [0.29, 0.717) is 19.4 Å². The van der Waals surface area contributed by atoms with Crippen molar-refractivity contribution in [3.63, 3.8) is 0 Å². The van der Waals surface area contributed by atoms with E-state index in [-0.39, 0.29) is 6.10 Å². The maximum absolute atomic E-state index is 11.4. The molecule has 1 aliphatic rings. The van der Waals surface area contributed by atoms with Crippen molar-refractivity contribution in [3.05, 3.63) is 0 Å². The molecular weight excluding hydrogens is 196 g/mol. The molecule has 0 amide bonds. The fourth-order valence-corrected chi connectivity index (χ4v) is 2.46. The number of carboxylic acids is 1. The van der Waals surface area contributed by atoms with Gasteiger partial charge in [-0.15, -0.1) is 0 Å². The van der Waals surface area contributed by atoms with Crippen molar-refractivity contribution < 1.29 is 19.4 Å². The molecule has 4 heteroatoms. The van der Waals surface area contributed by atoms with Gasteiger partial charge in [0.2, 0.25) is 0 Å². The summed E-state index contributed by atoms with van der Waals surface area (Å²) in [7, 11) is 3.13. The van der Waals surface area contributed by atoms with E-state index in [2.05, 4.69) is 0 Å². The van der Waals surface area contributed by atoms with Gasteiger partial charge in [0, 0.05) is 14.2 Å². The highest BCUT2D eigenvalue weighted by Crippen LogP contribution is 2.40. The van der Waals surface area contributed by atoms with E-state index < -0.39 is 11.4 Å². The third kappa shape index (κ3) is 2.49. The maximum Gasteiger partial charge on any atom is 0.312 e. The second-order valence-electron chi connectivity index (χ2n) is 4.20. The molecule has 1 aliphatic carbocycles. The Labute approximate surface area is 90.6 Å². The maximum atomic E-state index is 11.4. The van der Waals surface area contributed by atoms with Crippen molar-refractivity contribution in [3.8, 4) is 0 Å². The van der Waals surface area contributed by atoms with Crippen LogP contribution < -0.4 is 0 Å². The predicted molar refractivity (Wildman–Crippen MR) is 55.8 cm³/mol. The van der Waals surface area contributed by atoms with Gasteiger partial charge < -0.3 is 14.6 Å². The fourth-order valence-electron chi connectivity index (χ4n) is 2.46. The monoisotopic (exact) mass is 216 g/mol. The van der Waals surface area contributed by atoms with Crippen LogP contribution in [0.3, 0.4) is 0 Å². The molecule has 4 nitrogen and oxygen atoms in total. The van der Waals surface area contributed by atoms with Crippen LogP contribution in [0.1, 0.15) is 32.1 Å². The van der Waals surface area contributed by atoms with Crippen LogP contribution in [0.4, 0.5) is 0 Å². The van der Waals surface area contributed by atoms with Crippen molar-refractivity contribution in [2.75, 3.05) is 20.8 Å². The van der Waals surface area contributed by atoms with Crippen molar-refractivity contribution in [2.45, 2.75) is 38.2 Å². The Balaban J connectivity index is 2.81. The average molecular weight is 216 g/mol. The van der Waals surface area contributed by atoms with Crippen LogP contribution in [0.25, 0.3) is 0 Å². The van der Waals surface area contributed by atoms with Crippen LogP contribution in [0.15, 0.2) is 0 Å². The first kappa shape index (κ1) is 12.5. The minimum atomic E-state index is -0.744. The van der Waals surface area contributed by atoms with Gasteiger partial charge in [-0.2, -0.15) is 0 Å². The number of hydrogen-bond donors (Lipinski definition) is 1. The van der Waals surface area contributed by atoms with Gasteiger partial charge in [-0.25, -0.2) is 0 Å². The van der Waals surface area contributed by atoms with Crippen LogP contribution in [0.2, 0.25) is 0 Å². The Bertz CT molecular complexity index is 209. The molecule has 0 saturated heterocycles. The summed E-state index contributed by atoms with van der Waals surface area (Å²) in [6.07, 6.45) is 4.12. The molecule has 0 spiro atoms. The lowest BCUT2D eigenvalue weighted by molar-refractivity contribution is -0.165. The summed E-state index contributed by atoms with van der Waals surface area (Å²) in [6.45, 7) is 0.350. The number of carbonyl (C=O) groups is 1. The molecule has 88 valence electrons. The van der Waals surface area contributed by atoms with E-state index in [4.69, 9.17) is 9.47 Å². The zero-order valence-electron chi connectivity index (χ0n) is 9.49. The molecule has 0 aromatic rings. The number of methoxy groups -OCH3 is 2. The van der Waals surface area contributed by atoms with Crippen LogP contribution in [-0.4, -0.2) is 38.0 Å². The molecule has 1 fully saturated rings. The molecule has 1 N–H and O–H groups in total. The van der Waals surface area contributed by atoms with Crippen molar-refractivity contribution in [1.29, 1.82) is 0 Å². The topological polar surface area (TPSA) is 55.8 Å². The van der Waals surface area contributed by atoms with Crippen LogP contribution >= 0.6 is 0 Å². The lowest BCUT2D eigenvalue weighted by atomic mass is 9.70. The molecule has 0 aromatic carbocycles. The van der Waals surface area contributed by atoms with Crippen molar-refractivity contribution in [2.24, 2.45) is 5.41 Å². The zero-order valence-corrected chi connectivity index (χ0v) is 9.49.